The predicted molar refractivity (Wildman–Crippen MR) is 200 cm³/mol. The van der Waals surface area contributed by atoms with Crippen LogP contribution in [0, 0.1) is 13.8 Å². The number of methoxy groups -OCH3 is 2. The van der Waals surface area contributed by atoms with Crippen LogP contribution >= 0.6 is 0 Å². The first-order valence-corrected chi connectivity index (χ1v) is 18.1. The molecule has 3 aliphatic rings. The molecule has 3 heterocycles. The molecule has 0 saturated carbocycles. The molecular weight excluding hydrogens is 648 g/mol. The summed E-state index contributed by atoms with van der Waals surface area (Å²) >= 11 is 0. The van der Waals surface area contributed by atoms with E-state index in [2.05, 4.69) is 43.8 Å². The summed E-state index contributed by atoms with van der Waals surface area (Å²) in [5.41, 5.74) is 14.4. The summed E-state index contributed by atoms with van der Waals surface area (Å²) in [6, 6.07) is 8.23. The normalized spacial score (nSPS) is 16.1. The number of hydrogen-bond acceptors (Lipinski definition) is 9. The van der Waals surface area contributed by atoms with E-state index >= 15 is 0 Å². The van der Waals surface area contributed by atoms with Gasteiger partial charge in [-0.3, -0.25) is 30.0 Å². The molecule has 0 aromatic heterocycles. The van der Waals surface area contributed by atoms with Gasteiger partial charge in [-0.05, 0) is 85.8 Å². The number of carbonyl (C=O) groups is 4. The van der Waals surface area contributed by atoms with E-state index in [1.54, 1.807) is 10.0 Å². The second-order valence-corrected chi connectivity index (χ2v) is 12.8. The van der Waals surface area contributed by atoms with Gasteiger partial charge in [-0.2, -0.15) is 0 Å². The minimum Gasteiger partial charge on any atom is -0.468 e. The van der Waals surface area contributed by atoms with E-state index in [9.17, 15) is 19.2 Å². The van der Waals surface area contributed by atoms with Gasteiger partial charge in [-0.25, -0.2) is 10.0 Å². The summed E-state index contributed by atoms with van der Waals surface area (Å²) in [5.74, 6) is -3.05. The van der Waals surface area contributed by atoms with Gasteiger partial charge in [-0.1, -0.05) is 76.9 Å². The average Bonchev–Trinajstić information content (AvgIpc) is 3.47. The van der Waals surface area contributed by atoms with Crippen LogP contribution in [0.15, 0.2) is 24.3 Å². The van der Waals surface area contributed by atoms with Crippen LogP contribution in [0.3, 0.4) is 0 Å². The molecule has 0 bridgehead atoms. The highest BCUT2D eigenvalue weighted by Crippen LogP contribution is 2.35. The van der Waals surface area contributed by atoms with Gasteiger partial charge in [0.15, 0.2) is 5.92 Å². The zero-order valence-electron chi connectivity index (χ0n) is 31.4. The quantitative estimate of drug-likeness (QED) is 0.279. The van der Waals surface area contributed by atoms with Crippen molar-refractivity contribution in [1.82, 2.24) is 20.9 Å². The largest absolute Gasteiger partial charge is 0.468 e. The highest BCUT2D eigenvalue weighted by molar-refractivity contribution is 6.10. The topological polar surface area (TPSA) is 127 Å². The third-order valence-corrected chi connectivity index (χ3v) is 9.38. The Labute approximate surface area is 305 Å². The third kappa shape index (κ3) is 10.9. The second-order valence-electron chi connectivity index (χ2n) is 12.8. The lowest BCUT2D eigenvalue weighted by molar-refractivity contribution is -0.154. The first-order valence-electron chi connectivity index (χ1n) is 18.1. The van der Waals surface area contributed by atoms with Crippen molar-refractivity contribution >= 4 is 23.8 Å². The van der Waals surface area contributed by atoms with Crippen molar-refractivity contribution in [2.75, 3.05) is 53.6 Å². The molecular formula is C40H62N4O7. The van der Waals surface area contributed by atoms with Gasteiger partial charge >= 0.3 is 11.9 Å². The molecule has 3 saturated heterocycles. The highest BCUT2D eigenvalue weighted by atomic mass is 16.5. The van der Waals surface area contributed by atoms with Crippen molar-refractivity contribution in [2.24, 2.45) is 0 Å². The molecule has 0 atom stereocenters. The van der Waals surface area contributed by atoms with Crippen molar-refractivity contribution in [3.05, 3.63) is 68.8 Å². The maximum Gasteiger partial charge on any atom is 0.324 e. The summed E-state index contributed by atoms with van der Waals surface area (Å²) in [4.78, 5) is 49.9. The standard InChI is InChI=1S/C18H24N2O3.C16H22O4.C5H12N2.CH4/c1-4-13-10-12(3)11-14(5-2)15(13)16-17(21)19-6-8-23-9-7-20(19)18(16)22;1-6-11-8-10(3)9-12(7-2)13(11)14(15(17)19-4)16(18)20-5;1-2-4-6-7-5-3-1;/h10-11,16H,4-9H2,1-3H3;8-9,14H,6-7H2,1-5H3;6-7H,1-5H2;1H4. The van der Waals surface area contributed by atoms with E-state index in [1.807, 2.05) is 32.9 Å². The van der Waals surface area contributed by atoms with E-state index in [-0.39, 0.29) is 19.2 Å². The molecule has 2 amide bonds. The molecule has 51 heavy (non-hydrogen) atoms. The lowest BCUT2D eigenvalue weighted by Gasteiger charge is -2.23. The lowest BCUT2D eigenvalue weighted by Crippen LogP contribution is -2.41. The molecule has 3 fully saturated rings. The summed E-state index contributed by atoms with van der Waals surface area (Å²) in [7, 11) is 2.56. The Kier molecular flexibility index (Phi) is 18.3. The number of amides is 2. The number of carbonyl (C=O) groups excluding carboxylic acids is 4. The Morgan fingerprint density at radius 1 is 0.725 bits per heavy atom. The number of nitrogens with one attached hydrogen (secondary N) is 2. The van der Waals surface area contributed by atoms with Crippen molar-refractivity contribution in [1.29, 1.82) is 0 Å². The first-order chi connectivity index (χ1) is 24.1. The van der Waals surface area contributed by atoms with Crippen LogP contribution in [0.4, 0.5) is 0 Å². The van der Waals surface area contributed by atoms with E-state index in [0.717, 1.165) is 77.7 Å². The number of fused-ring (bicyclic) bond motifs is 1. The molecule has 11 heteroatoms. The SMILES string of the molecule is C.C1CCNNCC1.CCc1cc(C)cc(CC)c1C(C(=O)OC)C(=O)OC.CCc1cc(C)cc(CC)c1C1C(=O)N2CCOCCN2C1=O. The van der Waals surface area contributed by atoms with Gasteiger partial charge in [0.2, 0.25) is 0 Å². The van der Waals surface area contributed by atoms with Gasteiger partial charge in [0.05, 0.1) is 40.5 Å². The van der Waals surface area contributed by atoms with Crippen LogP contribution < -0.4 is 10.9 Å². The van der Waals surface area contributed by atoms with Crippen molar-refractivity contribution in [3.8, 4) is 0 Å². The molecule has 284 valence electrons. The second kappa shape index (κ2) is 21.5. The average molecular weight is 711 g/mol. The maximum absolute atomic E-state index is 12.9. The molecule has 0 aliphatic carbocycles. The molecule has 0 spiro atoms. The van der Waals surface area contributed by atoms with Crippen LogP contribution in [-0.4, -0.2) is 87.4 Å². The number of esters is 2. The fraction of sp³-hybridized carbons (Fsp3) is 0.600. The van der Waals surface area contributed by atoms with Crippen molar-refractivity contribution in [2.45, 2.75) is 106 Å². The number of hydrogen-bond donors (Lipinski definition) is 2. The number of ether oxygens (including phenoxy) is 3. The van der Waals surface area contributed by atoms with E-state index in [0.29, 0.717) is 26.3 Å². The summed E-state index contributed by atoms with van der Waals surface area (Å²) in [6.07, 6.45) is 7.16. The molecule has 3 aliphatic heterocycles. The minimum atomic E-state index is -1.00. The van der Waals surface area contributed by atoms with Crippen LogP contribution in [0.5, 0.6) is 0 Å². The van der Waals surface area contributed by atoms with Gasteiger partial charge in [0.25, 0.3) is 11.8 Å². The number of benzene rings is 2. The lowest BCUT2D eigenvalue weighted by atomic mass is 9.85. The number of rotatable bonds is 8. The Hall–Kier alpha value is -3.80. The van der Waals surface area contributed by atoms with Crippen LogP contribution in [0.25, 0.3) is 0 Å². The number of nitrogens with zero attached hydrogens (tertiary/aromatic N) is 2. The maximum atomic E-state index is 12.9. The highest BCUT2D eigenvalue weighted by Gasteiger charge is 2.48. The van der Waals surface area contributed by atoms with Crippen LogP contribution in [0.2, 0.25) is 0 Å². The third-order valence-electron chi connectivity index (χ3n) is 9.38. The molecule has 5 rings (SSSR count). The van der Waals surface area contributed by atoms with Gasteiger partial charge < -0.3 is 14.2 Å². The summed E-state index contributed by atoms with van der Waals surface area (Å²) in [6.45, 7) is 16.4. The van der Waals surface area contributed by atoms with Crippen LogP contribution in [0.1, 0.15) is 111 Å². The molecule has 2 N–H and O–H groups in total. The van der Waals surface area contributed by atoms with Gasteiger partial charge in [0.1, 0.15) is 5.92 Å². The van der Waals surface area contributed by atoms with Gasteiger partial charge in [0, 0.05) is 13.1 Å². The summed E-state index contributed by atoms with van der Waals surface area (Å²) in [5, 5.41) is 3.16. The molecule has 11 nitrogen and oxygen atoms in total. The Morgan fingerprint density at radius 2 is 1.12 bits per heavy atom. The predicted octanol–water partition coefficient (Wildman–Crippen LogP) is 5.27. The molecule has 0 unspecified atom stereocenters. The van der Waals surface area contributed by atoms with E-state index < -0.39 is 23.8 Å². The monoisotopic (exact) mass is 710 g/mol. The number of hydrazine groups is 2. The fourth-order valence-electron chi connectivity index (χ4n) is 6.92. The van der Waals surface area contributed by atoms with Crippen LogP contribution in [-0.2, 0) is 59.1 Å². The zero-order chi connectivity index (χ0) is 36.8. The summed E-state index contributed by atoms with van der Waals surface area (Å²) < 4.78 is 14.9. The molecule has 0 radical (unpaired) electrons. The Morgan fingerprint density at radius 3 is 1.49 bits per heavy atom. The van der Waals surface area contributed by atoms with E-state index in [4.69, 9.17) is 14.2 Å². The van der Waals surface area contributed by atoms with Crippen molar-refractivity contribution in [3.63, 3.8) is 0 Å². The molecule has 2 aromatic rings. The van der Waals surface area contributed by atoms with Gasteiger partial charge in [-0.15, -0.1) is 0 Å². The Balaban J connectivity index is 0.000000294. The minimum absolute atomic E-state index is 0. The first kappa shape index (κ1) is 43.4. The smallest absolute Gasteiger partial charge is 0.324 e. The van der Waals surface area contributed by atoms with Crippen molar-refractivity contribution < 1.29 is 33.4 Å². The molecule has 2 aromatic carbocycles. The zero-order valence-corrected chi connectivity index (χ0v) is 31.4. The van der Waals surface area contributed by atoms with E-state index in [1.165, 1.54) is 39.0 Å². The fourth-order valence-corrected chi connectivity index (χ4v) is 6.92. The number of aryl methyl sites for hydroxylation is 6. The Bertz CT molecular complexity index is 1370.